The number of rotatable bonds is 11. The highest BCUT2D eigenvalue weighted by molar-refractivity contribution is 5.84. The van der Waals surface area contributed by atoms with E-state index in [1.54, 1.807) is 4.68 Å². The Labute approximate surface area is 120 Å². The van der Waals surface area contributed by atoms with Gasteiger partial charge in [0.25, 0.3) is 0 Å². The Bertz CT molecular complexity index is 390. The zero-order valence-electron chi connectivity index (χ0n) is 12.5. The summed E-state index contributed by atoms with van der Waals surface area (Å²) in [4.78, 5) is 10.6. The number of carbonyl (C=O) groups is 1. The maximum Gasteiger partial charge on any atom is 0.358 e. The number of nitrogens with zero attached hydrogens (tertiary/aromatic N) is 3. The van der Waals surface area contributed by atoms with Gasteiger partial charge in [0, 0.05) is 6.54 Å². The fourth-order valence-corrected chi connectivity index (χ4v) is 1.98. The highest BCUT2D eigenvalue weighted by Gasteiger charge is 2.07. The summed E-state index contributed by atoms with van der Waals surface area (Å²) in [6.45, 7) is 6.97. The Hall–Kier alpha value is -1.43. The van der Waals surface area contributed by atoms with Gasteiger partial charge in [0.05, 0.1) is 12.7 Å². The van der Waals surface area contributed by atoms with E-state index >= 15 is 0 Å². The summed E-state index contributed by atoms with van der Waals surface area (Å²) < 4.78 is 1.55. The van der Waals surface area contributed by atoms with Crippen LogP contribution in [0.3, 0.4) is 0 Å². The van der Waals surface area contributed by atoms with E-state index in [-0.39, 0.29) is 5.69 Å². The van der Waals surface area contributed by atoms with Gasteiger partial charge in [-0.1, -0.05) is 44.7 Å². The molecule has 1 rings (SSSR count). The molecule has 0 amide bonds. The molecule has 6 heteroatoms. The molecule has 0 fully saturated rings. The Morgan fingerprint density at radius 2 is 2.05 bits per heavy atom. The van der Waals surface area contributed by atoms with Gasteiger partial charge in [-0.15, -0.1) is 5.10 Å². The van der Waals surface area contributed by atoms with Gasteiger partial charge in [-0.25, -0.2) is 4.79 Å². The molecule has 20 heavy (non-hydrogen) atoms. The molecule has 6 nitrogen and oxygen atoms in total. The van der Waals surface area contributed by atoms with Crippen molar-refractivity contribution in [2.45, 2.75) is 52.5 Å². The summed E-state index contributed by atoms with van der Waals surface area (Å²) in [6.07, 6.45) is 7.88. The number of hydrogen-bond acceptors (Lipinski definition) is 4. The molecule has 1 heterocycles. The van der Waals surface area contributed by atoms with Crippen molar-refractivity contribution in [3.05, 3.63) is 11.9 Å². The van der Waals surface area contributed by atoms with E-state index in [4.69, 9.17) is 5.11 Å². The highest BCUT2D eigenvalue weighted by atomic mass is 16.4. The largest absolute Gasteiger partial charge is 0.476 e. The molecular weight excluding hydrogens is 256 g/mol. The standard InChI is InChI=1S/C14H26N4O2/c1-12(2)7-5-3-4-6-8-15-9-10-18-11-13(14(19)20)16-17-18/h11-12,15H,3-10H2,1-2H3,(H,19,20). The summed E-state index contributed by atoms with van der Waals surface area (Å²) in [5.41, 5.74) is -0.00449. The van der Waals surface area contributed by atoms with Crippen molar-refractivity contribution in [2.24, 2.45) is 5.92 Å². The summed E-state index contributed by atoms with van der Waals surface area (Å²) in [5, 5.41) is 19.4. The molecule has 0 bridgehead atoms. The molecule has 0 aliphatic carbocycles. The lowest BCUT2D eigenvalue weighted by Gasteiger charge is -2.06. The quantitative estimate of drug-likeness (QED) is 0.608. The van der Waals surface area contributed by atoms with E-state index in [0.29, 0.717) is 6.54 Å². The van der Waals surface area contributed by atoms with Crippen LogP contribution in [0.25, 0.3) is 0 Å². The lowest BCUT2D eigenvalue weighted by Crippen LogP contribution is -2.21. The minimum absolute atomic E-state index is 0.00449. The van der Waals surface area contributed by atoms with Crippen LogP contribution in [-0.4, -0.2) is 39.2 Å². The molecule has 1 aromatic rings. The van der Waals surface area contributed by atoms with Crippen molar-refractivity contribution in [2.75, 3.05) is 13.1 Å². The van der Waals surface area contributed by atoms with Gasteiger partial charge in [0.1, 0.15) is 0 Å². The summed E-state index contributed by atoms with van der Waals surface area (Å²) in [5.74, 6) is -0.225. The van der Waals surface area contributed by atoms with Gasteiger partial charge >= 0.3 is 5.97 Å². The lowest BCUT2D eigenvalue weighted by atomic mass is 10.0. The van der Waals surface area contributed by atoms with Gasteiger partial charge < -0.3 is 10.4 Å². The van der Waals surface area contributed by atoms with Crippen LogP contribution in [0.2, 0.25) is 0 Å². The SMILES string of the molecule is CC(C)CCCCCCNCCn1cc(C(=O)O)nn1. The van der Waals surface area contributed by atoms with E-state index in [1.165, 1.54) is 38.3 Å². The van der Waals surface area contributed by atoms with E-state index in [1.807, 2.05) is 0 Å². The van der Waals surface area contributed by atoms with Crippen molar-refractivity contribution in [1.29, 1.82) is 0 Å². The first-order chi connectivity index (χ1) is 9.59. The number of hydrogen-bond donors (Lipinski definition) is 2. The monoisotopic (exact) mass is 282 g/mol. The average Bonchev–Trinajstić information content (AvgIpc) is 2.85. The predicted octanol–water partition coefficient (Wildman–Crippen LogP) is 2.17. The number of nitrogens with one attached hydrogen (secondary N) is 1. The van der Waals surface area contributed by atoms with E-state index in [2.05, 4.69) is 29.5 Å². The van der Waals surface area contributed by atoms with Gasteiger partial charge in [-0.2, -0.15) is 0 Å². The summed E-state index contributed by atoms with van der Waals surface area (Å²) in [6, 6.07) is 0. The topological polar surface area (TPSA) is 80.0 Å². The van der Waals surface area contributed by atoms with Crippen LogP contribution in [0.15, 0.2) is 6.20 Å². The van der Waals surface area contributed by atoms with E-state index < -0.39 is 5.97 Å². The molecule has 0 aliphatic heterocycles. The number of aromatic nitrogens is 3. The van der Waals surface area contributed by atoms with Crippen LogP contribution in [-0.2, 0) is 6.54 Å². The molecule has 0 unspecified atom stereocenters. The summed E-state index contributed by atoms with van der Waals surface area (Å²) >= 11 is 0. The number of carboxylic acids is 1. The first kappa shape index (κ1) is 16.6. The van der Waals surface area contributed by atoms with Crippen molar-refractivity contribution >= 4 is 5.97 Å². The Morgan fingerprint density at radius 1 is 1.30 bits per heavy atom. The Kier molecular flexibility index (Phi) is 7.87. The third-order valence-electron chi connectivity index (χ3n) is 3.16. The number of unbranched alkanes of at least 4 members (excludes halogenated alkanes) is 3. The fraction of sp³-hybridized carbons (Fsp3) is 0.786. The molecule has 1 aromatic heterocycles. The third-order valence-corrected chi connectivity index (χ3v) is 3.16. The van der Waals surface area contributed by atoms with Gasteiger partial charge in [0.2, 0.25) is 0 Å². The smallest absolute Gasteiger partial charge is 0.358 e. The highest BCUT2D eigenvalue weighted by Crippen LogP contribution is 2.08. The molecule has 2 N–H and O–H groups in total. The Balaban J connectivity index is 1.95. The van der Waals surface area contributed by atoms with Crippen LogP contribution in [0.5, 0.6) is 0 Å². The van der Waals surface area contributed by atoms with E-state index in [9.17, 15) is 4.79 Å². The zero-order chi connectivity index (χ0) is 14.8. The van der Waals surface area contributed by atoms with Crippen LogP contribution >= 0.6 is 0 Å². The first-order valence-electron chi connectivity index (χ1n) is 7.43. The average molecular weight is 282 g/mol. The second-order valence-corrected chi connectivity index (χ2v) is 5.52. The van der Waals surface area contributed by atoms with Crippen LogP contribution in [0.4, 0.5) is 0 Å². The predicted molar refractivity (Wildman–Crippen MR) is 77.8 cm³/mol. The first-order valence-corrected chi connectivity index (χ1v) is 7.43. The molecule has 0 aliphatic rings. The molecular formula is C14H26N4O2. The normalized spacial score (nSPS) is 11.2. The molecule has 0 spiro atoms. The minimum atomic E-state index is -1.04. The van der Waals surface area contributed by atoms with E-state index in [0.717, 1.165) is 19.0 Å². The zero-order valence-corrected chi connectivity index (χ0v) is 12.5. The van der Waals surface area contributed by atoms with Crippen molar-refractivity contribution in [3.8, 4) is 0 Å². The Morgan fingerprint density at radius 3 is 2.70 bits per heavy atom. The second-order valence-electron chi connectivity index (χ2n) is 5.52. The molecule has 0 saturated heterocycles. The minimum Gasteiger partial charge on any atom is -0.476 e. The fourth-order valence-electron chi connectivity index (χ4n) is 1.98. The van der Waals surface area contributed by atoms with Gasteiger partial charge in [-0.05, 0) is 18.9 Å². The molecule has 0 saturated carbocycles. The maximum atomic E-state index is 10.6. The van der Waals surface area contributed by atoms with Crippen molar-refractivity contribution < 1.29 is 9.90 Å². The van der Waals surface area contributed by atoms with Gasteiger partial charge in [0.15, 0.2) is 5.69 Å². The third kappa shape index (κ3) is 7.23. The molecule has 0 aromatic carbocycles. The summed E-state index contributed by atoms with van der Waals surface area (Å²) in [7, 11) is 0. The van der Waals surface area contributed by atoms with Crippen molar-refractivity contribution in [3.63, 3.8) is 0 Å². The molecule has 0 atom stereocenters. The second kappa shape index (κ2) is 9.47. The van der Waals surface area contributed by atoms with Crippen molar-refractivity contribution in [1.82, 2.24) is 20.3 Å². The molecule has 114 valence electrons. The lowest BCUT2D eigenvalue weighted by molar-refractivity contribution is 0.0690. The van der Waals surface area contributed by atoms with Gasteiger partial charge in [-0.3, -0.25) is 4.68 Å². The maximum absolute atomic E-state index is 10.6. The number of aromatic carboxylic acids is 1. The van der Waals surface area contributed by atoms with Crippen LogP contribution in [0.1, 0.15) is 56.4 Å². The van der Waals surface area contributed by atoms with Crippen LogP contribution < -0.4 is 5.32 Å². The molecule has 0 radical (unpaired) electrons. The number of carboxylic acid groups (broad SMARTS) is 1. The van der Waals surface area contributed by atoms with Crippen LogP contribution in [0, 0.1) is 5.92 Å².